The quantitative estimate of drug-likeness (QED) is 0.0205. The Morgan fingerprint density at radius 1 is 0.379 bits per heavy atom. The van der Waals surface area contributed by atoms with Crippen LogP contribution in [0.2, 0.25) is 0 Å². The molecule has 8 aliphatic heterocycles. The molecular weight excluding hydrogens is 1930 g/mol. The second kappa shape index (κ2) is 64.0. The van der Waals surface area contributed by atoms with Gasteiger partial charge in [-0.15, -0.1) is 0 Å². The Hall–Kier alpha value is -4.43. The normalized spacial score (nSPS) is 38.2. The number of hydrogen-bond donors (Lipinski definition) is 27. The van der Waals surface area contributed by atoms with E-state index in [-0.39, 0.29) is 6.42 Å². The van der Waals surface area contributed by atoms with Gasteiger partial charge in [0.15, 0.2) is 44.0 Å². The van der Waals surface area contributed by atoms with E-state index >= 15 is 0 Å². The molecule has 0 aromatic rings. The maximum Gasteiger partial charge on any atom is 0.364 e. The van der Waals surface area contributed by atoms with Crippen molar-refractivity contribution in [1.82, 2.24) is 21.3 Å². The second-order valence-electron chi connectivity index (χ2n) is 39.9. The largest absolute Gasteiger partial charge is 0.477 e. The molecular formula is C97H172N4O44. The van der Waals surface area contributed by atoms with Gasteiger partial charge in [-0.1, -0.05) is 206 Å². The van der Waals surface area contributed by atoms with Gasteiger partial charge in [0.2, 0.25) is 23.6 Å². The van der Waals surface area contributed by atoms with E-state index < -0.39 is 345 Å². The third kappa shape index (κ3) is 36.6. The molecule has 8 heterocycles. The number of unbranched alkanes of at least 4 members (excludes halogenated alkanes) is 29. The first-order chi connectivity index (χ1) is 69.2. The fraction of sp³-hybridized carbons (Fsp3) is 0.928. The number of carbonyl (C=O) groups is 5. The van der Waals surface area contributed by atoms with E-state index in [1.807, 2.05) is 0 Å². The zero-order valence-corrected chi connectivity index (χ0v) is 84.5. The Kier molecular flexibility index (Phi) is 55.5. The number of carboxylic acids is 1. The van der Waals surface area contributed by atoms with E-state index in [9.17, 15) is 141 Å². The molecule has 48 heteroatoms. The van der Waals surface area contributed by atoms with Crippen LogP contribution < -0.4 is 21.3 Å². The molecule has 48 nitrogen and oxygen atoms in total. The predicted molar refractivity (Wildman–Crippen MR) is 503 cm³/mol. The number of nitrogens with one attached hydrogen (secondary N) is 4. The van der Waals surface area contributed by atoms with Crippen molar-refractivity contribution in [3.05, 3.63) is 12.2 Å². The van der Waals surface area contributed by atoms with E-state index in [0.29, 0.717) is 12.8 Å². The number of carboxylic acid groups (broad SMARTS) is 1. The smallest absolute Gasteiger partial charge is 0.364 e. The average Bonchev–Trinajstić information content (AvgIpc) is 0.750. The number of rotatable bonds is 64. The summed E-state index contributed by atoms with van der Waals surface area (Å²) in [6, 6.07) is -6.98. The van der Waals surface area contributed by atoms with Gasteiger partial charge < -0.3 is 215 Å². The van der Waals surface area contributed by atoms with Gasteiger partial charge >= 0.3 is 5.97 Å². The molecule has 844 valence electrons. The Morgan fingerprint density at radius 3 is 1.23 bits per heavy atom. The zero-order chi connectivity index (χ0) is 106. The lowest BCUT2D eigenvalue weighted by Gasteiger charge is -2.52. The van der Waals surface area contributed by atoms with Crippen molar-refractivity contribution in [1.29, 1.82) is 0 Å². The van der Waals surface area contributed by atoms with Crippen molar-refractivity contribution in [2.45, 2.75) is 524 Å². The summed E-state index contributed by atoms with van der Waals surface area (Å²) in [5, 5.41) is 274. The minimum absolute atomic E-state index is 0.0852. The SMILES string of the molecule is CCCCCCCCCCCCC/C=C/[C@@H](O)[C@H](CO[C@@H]1OC(CO)[C@@H](O[C@@H]2OC(CO[C@@H]3OC(CO)[C@@H](O)[C@H](O[C@H]4OC(C)[C@@H](O)C(O)[C@@H]4O)C3NC(C)=O)[C@H](O)[C@H](O[C@@H]3OC(CO)[C@@H](O[C@H]4OC(C)[C@@H](O)C(O)[C@@H]4O)[C@H](O[C@@H]4OC(CO)[C@H](O)[C@H](O[C@]5(C(=O)O)CC(O)[C@@H](NC(C)=O)C([C@H](O)[C@H](O)CO)O5)C4O)C3NC(C)=O)C2O)[C@H](O)C1O)NC(=O)CCCCCCCCCCCCCCCCCCCCC. The fourth-order valence-corrected chi connectivity index (χ4v) is 19.7. The number of amides is 4. The third-order valence-electron chi connectivity index (χ3n) is 28.2. The number of aliphatic hydroxyl groups is 22. The second-order valence-corrected chi connectivity index (χ2v) is 39.9. The van der Waals surface area contributed by atoms with Gasteiger partial charge in [-0.2, -0.15) is 0 Å². The van der Waals surface area contributed by atoms with Gasteiger partial charge in [-0.05, 0) is 33.1 Å². The van der Waals surface area contributed by atoms with Gasteiger partial charge in [0.25, 0.3) is 5.79 Å². The number of carbonyl (C=O) groups excluding carboxylic acids is 4. The molecule has 43 atom stereocenters. The predicted octanol–water partition coefficient (Wildman–Crippen LogP) is -3.81. The van der Waals surface area contributed by atoms with Crippen LogP contribution in [0.25, 0.3) is 0 Å². The molecule has 8 saturated heterocycles. The minimum Gasteiger partial charge on any atom is -0.477 e. The first-order valence-corrected chi connectivity index (χ1v) is 52.3. The maximum atomic E-state index is 14.0. The summed E-state index contributed by atoms with van der Waals surface area (Å²) in [6.07, 6.45) is -42.8. The molecule has 0 bridgehead atoms. The highest BCUT2D eigenvalue weighted by atomic mass is 16.8. The molecule has 0 aromatic heterocycles. The fourth-order valence-electron chi connectivity index (χ4n) is 19.7. The van der Waals surface area contributed by atoms with Gasteiger partial charge in [0.05, 0.1) is 82.7 Å². The molecule has 0 radical (unpaired) electrons. The lowest BCUT2D eigenvalue weighted by molar-refractivity contribution is -0.400. The standard InChI is InChI=1S/C97H172N4O44/c1-8-10-12-14-16-18-20-22-23-24-25-26-27-29-31-33-35-37-39-41-64(113)101-55(56(110)40-38-36-34-32-30-28-21-19-17-15-13-11-9-2)48-130-91-79(125)76(122)82(61(46-105)137-91)139-94-80(126)87(73(119)63(138-94)49-131-89-66(99-53(6)108)84(71(117)59(44-103)134-89)141-93-78(124)75(121)69(115)51(4)133-93)143-90-67(100-54(7)109)86(83(62(47-106)136-90)140-92-77(123)74(120)68(114)50(3)132-92)142-95-81(127)88(72(118)60(45-104)135-95)145-97(96(128)129)42-57(111)65(98-52(5)107)85(144-97)70(116)58(112)43-102/h38,40,50-51,55-63,65-95,102-106,110-112,114-127H,8-37,39,41-49H2,1-7H3,(H,98,107)(H,99,108)(H,100,109)(H,101,113)(H,128,129)/b40-38+/t50?,51?,55-,56+,57?,58+,59?,60?,61?,62?,63?,65+,66?,67?,68+,69+,70+,71+,72-,73-,74?,75?,76+,77-,78-,79?,80?,81?,82+,83+,84+,85?,86+,87-,88-,89+,90-,91+,92+,93+,94-,95-,97-/m0/s1. The number of aliphatic hydroxyl groups excluding tert-OH is 22. The number of aliphatic carboxylic acids is 1. The lowest BCUT2D eigenvalue weighted by Crippen LogP contribution is -2.72. The molecule has 0 aromatic carbocycles. The first kappa shape index (κ1) is 126. The summed E-state index contributed by atoms with van der Waals surface area (Å²) in [7, 11) is 0. The van der Waals surface area contributed by atoms with Crippen LogP contribution in [0.1, 0.15) is 260 Å². The summed E-state index contributed by atoms with van der Waals surface area (Å²) in [4.78, 5) is 67.3. The molecule has 8 aliphatic rings. The molecule has 145 heavy (non-hydrogen) atoms. The Balaban J connectivity index is 1.09. The highest BCUT2D eigenvalue weighted by Gasteiger charge is 2.63. The van der Waals surface area contributed by atoms with Crippen LogP contribution in [0.4, 0.5) is 0 Å². The highest BCUT2D eigenvalue weighted by molar-refractivity contribution is 5.77. The number of ether oxygens (including phenoxy) is 16. The van der Waals surface area contributed by atoms with Crippen LogP contribution in [0, 0.1) is 0 Å². The number of allylic oxidation sites excluding steroid dienone is 1. The van der Waals surface area contributed by atoms with Crippen LogP contribution in [0.3, 0.4) is 0 Å². The maximum absolute atomic E-state index is 14.0. The summed E-state index contributed by atoms with van der Waals surface area (Å²) in [5.41, 5.74) is 0. The van der Waals surface area contributed by atoms with Crippen LogP contribution in [0.5, 0.6) is 0 Å². The van der Waals surface area contributed by atoms with E-state index in [1.165, 1.54) is 142 Å². The third-order valence-corrected chi connectivity index (χ3v) is 28.2. The van der Waals surface area contributed by atoms with Crippen molar-refractivity contribution >= 4 is 29.6 Å². The highest BCUT2D eigenvalue weighted by Crippen LogP contribution is 2.43. The van der Waals surface area contributed by atoms with E-state index in [1.54, 1.807) is 6.08 Å². The Labute approximate surface area is 846 Å². The van der Waals surface area contributed by atoms with E-state index in [4.69, 9.17) is 75.8 Å². The van der Waals surface area contributed by atoms with Crippen molar-refractivity contribution < 1.29 is 217 Å². The van der Waals surface area contributed by atoms with Crippen molar-refractivity contribution in [3.63, 3.8) is 0 Å². The summed E-state index contributed by atoms with van der Waals surface area (Å²) in [5.74, 6) is -8.84. The van der Waals surface area contributed by atoms with Gasteiger partial charge in [0, 0.05) is 33.6 Å². The van der Waals surface area contributed by atoms with Gasteiger partial charge in [0.1, 0.15) is 177 Å². The monoisotopic (exact) mass is 2100 g/mol. The van der Waals surface area contributed by atoms with Crippen LogP contribution >= 0.6 is 0 Å². The summed E-state index contributed by atoms with van der Waals surface area (Å²) < 4.78 is 98.1. The van der Waals surface area contributed by atoms with Crippen molar-refractivity contribution in [2.75, 3.05) is 46.2 Å². The topological polar surface area (TPSA) is 746 Å². The molecule has 27 N–H and O–H groups in total. The van der Waals surface area contributed by atoms with Crippen molar-refractivity contribution in [2.24, 2.45) is 0 Å². The van der Waals surface area contributed by atoms with Gasteiger partial charge in [-0.25, -0.2) is 4.79 Å². The minimum atomic E-state index is -3.38. The Bertz CT molecular complexity index is 3680. The lowest BCUT2D eigenvalue weighted by atomic mass is 9.88. The first-order valence-electron chi connectivity index (χ1n) is 52.3. The molecule has 8 rings (SSSR count). The molecule has 0 spiro atoms. The van der Waals surface area contributed by atoms with Crippen LogP contribution in [0.15, 0.2) is 12.2 Å². The molecule has 0 saturated carbocycles. The number of hydrogen-bond acceptors (Lipinski definition) is 43. The molecule has 8 fully saturated rings. The van der Waals surface area contributed by atoms with Crippen LogP contribution in [-0.2, 0) is 99.8 Å². The molecule has 4 amide bonds. The van der Waals surface area contributed by atoms with E-state index in [2.05, 4.69) is 35.1 Å². The van der Waals surface area contributed by atoms with Crippen LogP contribution in [-0.4, -0.2) is 457 Å². The molecule has 16 unspecified atom stereocenters. The van der Waals surface area contributed by atoms with Crippen molar-refractivity contribution in [3.8, 4) is 0 Å². The van der Waals surface area contributed by atoms with Gasteiger partial charge in [-0.3, -0.25) is 19.2 Å². The summed E-state index contributed by atoms with van der Waals surface area (Å²) >= 11 is 0. The summed E-state index contributed by atoms with van der Waals surface area (Å²) in [6.45, 7) is 2.14. The van der Waals surface area contributed by atoms with E-state index in [0.717, 1.165) is 85.0 Å². The average molecular weight is 2100 g/mol. The molecule has 0 aliphatic carbocycles. The Morgan fingerprint density at radius 2 is 0.759 bits per heavy atom. The zero-order valence-electron chi connectivity index (χ0n) is 84.5.